The Morgan fingerprint density at radius 1 is 1.14 bits per heavy atom. The van der Waals surface area contributed by atoms with Gasteiger partial charge in [-0.15, -0.1) is 0 Å². The molecule has 0 spiro atoms. The van der Waals surface area contributed by atoms with Crippen LogP contribution in [0.1, 0.15) is 28.8 Å². The van der Waals surface area contributed by atoms with Gasteiger partial charge in [0.1, 0.15) is 12.4 Å². The van der Waals surface area contributed by atoms with Gasteiger partial charge in [-0.2, -0.15) is 0 Å². The number of ether oxygens (including phenoxy) is 2. The van der Waals surface area contributed by atoms with E-state index in [2.05, 4.69) is 5.32 Å². The van der Waals surface area contributed by atoms with E-state index in [1.165, 1.54) is 0 Å². The average Bonchev–Trinajstić information content (AvgIpc) is 3.24. The van der Waals surface area contributed by atoms with Crippen molar-refractivity contribution in [1.29, 1.82) is 0 Å². The quantitative estimate of drug-likeness (QED) is 0.695. The summed E-state index contributed by atoms with van der Waals surface area (Å²) in [5, 5.41) is 12.1. The van der Waals surface area contributed by atoms with Crippen LogP contribution in [-0.2, 0) is 16.0 Å². The van der Waals surface area contributed by atoms with E-state index >= 15 is 0 Å². The van der Waals surface area contributed by atoms with Crippen LogP contribution in [0, 0.1) is 5.92 Å². The zero-order chi connectivity index (χ0) is 19.8. The Bertz CT molecular complexity index is 769. The number of aliphatic carboxylic acids is 1. The molecule has 28 heavy (non-hydrogen) atoms. The molecule has 0 radical (unpaired) electrons. The van der Waals surface area contributed by atoms with E-state index in [-0.39, 0.29) is 18.6 Å². The molecule has 6 heteroatoms. The highest BCUT2D eigenvalue weighted by Gasteiger charge is 2.19. The zero-order valence-corrected chi connectivity index (χ0v) is 15.7. The molecule has 1 fully saturated rings. The van der Waals surface area contributed by atoms with E-state index < -0.39 is 11.9 Å². The van der Waals surface area contributed by atoms with Crippen molar-refractivity contribution >= 4 is 11.9 Å². The lowest BCUT2D eigenvalue weighted by molar-refractivity contribution is -0.141. The summed E-state index contributed by atoms with van der Waals surface area (Å²) in [5.41, 5.74) is 1.39. The summed E-state index contributed by atoms with van der Waals surface area (Å²) in [6, 6.07) is 16.2. The summed E-state index contributed by atoms with van der Waals surface area (Å²) in [4.78, 5) is 23.8. The van der Waals surface area contributed by atoms with Crippen molar-refractivity contribution in [2.45, 2.75) is 25.4 Å². The van der Waals surface area contributed by atoms with Gasteiger partial charge in [-0.05, 0) is 49.1 Å². The molecule has 6 nitrogen and oxygen atoms in total. The van der Waals surface area contributed by atoms with Crippen molar-refractivity contribution in [3.8, 4) is 5.75 Å². The molecule has 0 saturated carbocycles. The Kier molecular flexibility index (Phi) is 7.03. The molecule has 2 aromatic rings. The SMILES string of the molecule is O=C(NCC(Cc1ccccc1)C(=O)O)c1ccc(OCC2CCCO2)cc1. The average molecular weight is 383 g/mol. The lowest BCUT2D eigenvalue weighted by atomic mass is 9.99. The molecular weight excluding hydrogens is 358 g/mol. The van der Waals surface area contributed by atoms with Crippen molar-refractivity contribution in [3.05, 3.63) is 65.7 Å². The van der Waals surface area contributed by atoms with Gasteiger partial charge in [0, 0.05) is 18.7 Å². The number of benzene rings is 2. The number of carbonyl (C=O) groups is 2. The molecule has 1 saturated heterocycles. The van der Waals surface area contributed by atoms with Crippen molar-refractivity contribution in [3.63, 3.8) is 0 Å². The summed E-state index contributed by atoms with van der Waals surface area (Å²) < 4.78 is 11.2. The molecule has 0 aliphatic carbocycles. The third-order valence-electron chi connectivity index (χ3n) is 4.76. The van der Waals surface area contributed by atoms with Gasteiger partial charge in [0.05, 0.1) is 12.0 Å². The molecule has 1 aliphatic rings. The Morgan fingerprint density at radius 3 is 2.54 bits per heavy atom. The number of hydrogen-bond donors (Lipinski definition) is 2. The summed E-state index contributed by atoms with van der Waals surface area (Å²) >= 11 is 0. The molecule has 1 aliphatic heterocycles. The number of nitrogens with one attached hydrogen (secondary N) is 1. The zero-order valence-electron chi connectivity index (χ0n) is 15.7. The largest absolute Gasteiger partial charge is 0.491 e. The fraction of sp³-hybridized carbons (Fsp3) is 0.364. The van der Waals surface area contributed by atoms with Crippen LogP contribution in [-0.4, -0.2) is 42.8 Å². The van der Waals surface area contributed by atoms with E-state index in [9.17, 15) is 14.7 Å². The molecule has 2 unspecified atom stereocenters. The number of hydrogen-bond acceptors (Lipinski definition) is 4. The smallest absolute Gasteiger partial charge is 0.308 e. The van der Waals surface area contributed by atoms with Gasteiger partial charge in [-0.25, -0.2) is 0 Å². The van der Waals surface area contributed by atoms with Gasteiger partial charge in [0.25, 0.3) is 5.91 Å². The molecule has 2 aromatic carbocycles. The second-order valence-electron chi connectivity index (χ2n) is 6.91. The number of carbonyl (C=O) groups excluding carboxylic acids is 1. The Hall–Kier alpha value is -2.86. The first-order valence-electron chi connectivity index (χ1n) is 9.51. The first-order chi connectivity index (χ1) is 13.6. The highest BCUT2D eigenvalue weighted by atomic mass is 16.5. The van der Waals surface area contributed by atoms with Crippen molar-refractivity contribution in [2.75, 3.05) is 19.8 Å². The third-order valence-corrected chi connectivity index (χ3v) is 4.76. The van der Waals surface area contributed by atoms with Crippen LogP contribution >= 0.6 is 0 Å². The molecule has 1 amide bonds. The summed E-state index contributed by atoms with van der Waals surface area (Å²) in [5.74, 6) is -1.23. The first kappa shape index (κ1) is 19.9. The van der Waals surface area contributed by atoms with Gasteiger partial charge in [-0.1, -0.05) is 30.3 Å². The summed E-state index contributed by atoms with van der Waals surface area (Å²) in [6.07, 6.45) is 2.58. The van der Waals surface area contributed by atoms with Crippen LogP contribution in [0.4, 0.5) is 0 Å². The van der Waals surface area contributed by atoms with Gasteiger partial charge >= 0.3 is 5.97 Å². The van der Waals surface area contributed by atoms with Gasteiger partial charge in [0.15, 0.2) is 0 Å². The lowest BCUT2D eigenvalue weighted by Gasteiger charge is -2.14. The minimum absolute atomic E-state index is 0.0698. The van der Waals surface area contributed by atoms with E-state index in [1.54, 1.807) is 24.3 Å². The normalized spacial score (nSPS) is 17.1. The van der Waals surface area contributed by atoms with E-state index in [0.29, 0.717) is 24.3 Å². The molecular formula is C22H25NO5. The van der Waals surface area contributed by atoms with E-state index in [0.717, 1.165) is 25.0 Å². The molecule has 148 valence electrons. The van der Waals surface area contributed by atoms with Crippen LogP contribution < -0.4 is 10.1 Å². The topological polar surface area (TPSA) is 84.9 Å². The summed E-state index contributed by atoms with van der Waals surface area (Å²) in [7, 11) is 0. The van der Waals surface area contributed by atoms with Gasteiger partial charge in [0.2, 0.25) is 0 Å². The standard InChI is InChI=1S/C22H25NO5/c24-21(23-14-18(22(25)26)13-16-5-2-1-3-6-16)17-8-10-19(11-9-17)28-15-20-7-4-12-27-20/h1-3,5-6,8-11,18,20H,4,7,12-15H2,(H,23,24)(H,25,26). The number of amides is 1. The molecule has 0 bridgehead atoms. The predicted molar refractivity (Wildman–Crippen MR) is 105 cm³/mol. The Morgan fingerprint density at radius 2 is 1.89 bits per heavy atom. The molecule has 2 N–H and O–H groups in total. The summed E-state index contributed by atoms with van der Waals surface area (Å²) in [6.45, 7) is 1.36. The minimum atomic E-state index is -0.929. The monoisotopic (exact) mass is 383 g/mol. The van der Waals surface area contributed by atoms with Crippen molar-refractivity contribution in [1.82, 2.24) is 5.32 Å². The first-order valence-corrected chi connectivity index (χ1v) is 9.51. The molecule has 0 aromatic heterocycles. The van der Waals surface area contributed by atoms with E-state index in [1.807, 2.05) is 30.3 Å². The highest BCUT2D eigenvalue weighted by molar-refractivity contribution is 5.94. The maximum Gasteiger partial charge on any atom is 0.308 e. The lowest BCUT2D eigenvalue weighted by Crippen LogP contribution is -2.34. The van der Waals surface area contributed by atoms with Crippen molar-refractivity contribution < 1.29 is 24.2 Å². The van der Waals surface area contributed by atoms with Crippen LogP contribution in [0.15, 0.2) is 54.6 Å². The molecule has 3 rings (SSSR count). The maximum atomic E-state index is 12.3. The predicted octanol–water partition coefficient (Wildman–Crippen LogP) is 2.92. The van der Waals surface area contributed by atoms with Crippen LogP contribution in [0.3, 0.4) is 0 Å². The number of rotatable bonds is 9. The molecule has 2 atom stereocenters. The van der Waals surface area contributed by atoms with Crippen LogP contribution in [0.5, 0.6) is 5.75 Å². The number of carboxylic acid groups (broad SMARTS) is 1. The molecule has 1 heterocycles. The minimum Gasteiger partial charge on any atom is -0.491 e. The van der Waals surface area contributed by atoms with Gasteiger partial charge < -0.3 is 19.9 Å². The van der Waals surface area contributed by atoms with Crippen molar-refractivity contribution in [2.24, 2.45) is 5.92 Å². The van der Waals surface area contributed by atoms with Crippen LogP contribution in [0.2, 0.25) is 0 Å². The third kappa shape index (κ3) is 5.82. The maximum absolute atomic E-state index is 12.3. The second kappa shape index (κ2) is 9.90. The van der Waals surface area contributed by atoms with Gasteiger partial charge in [-0.3, -0.25) is 9.59 Å². The number of carboxylic acids is 1. The van der Waals surface area contributed by atoms with E-state index in [4.69, 9.17) is 9.47 Å². The van der Waals surface area contributed by atoms with Crippen LogP contribution in [0.25, 0.3) is 0 Å². The second-order valence-corrected chi connectivity index (χ2v) is 6.91. The Balaban J connectivity index is 1.49. The fourth-order valence-corrected chi connectivity index (χ4v) is 3.13. The highest BCUT2D eigenvalue weighted by Crippen LogP contribution is 2.17. The Labute approximate surface area is 164 Å². The fourth-order valence-electron chi connectivity index (χ4n) is 3.13.